The van der Waals surface area contributed by atoms with Crippen molar-refractivity contribution in [3.05, 3.63) is 11.1 Å². The molecule has 0 unspecified atom stereocenters. The third-order valence-corrected chi connectivity index (χ3v) is 5.18. The molecule has 0 saturated heterocycles. The molecular formula is C15H24O. The Kier molecular flexibility index (Phi) is 2.98. The van der Waals surface area contributed by atoms with Crippen LogP contribution in [0.5, 0.6) is 0 Å². The van der Waals surface area contributed by atoms with Gasteiger partial charge in [0.05, 0.1) is 0 Å². The maximum Gasteiger partial charge on any atom is 0.159 e. The summed E-state index contributed by atoms with van der Waals surface area (Å²) in [7, 11) is 0. The minimum absolute atomic E-state index is 0.388. The molecule has 3 atom stereocenters. The zero-order valence-corrected chi connectivity index (χ0v) is 11.1. The summed E-state index contributed by atoms with van der Waals surface area (Å²) in [5.41, 5.74) is 2.76. The van der Waals surface area contributed by atoms with E-state index in [1.807, 2.05) is 0 Å². The minimum Gasteiger partial charge on any atom is -0.295 e. The van der Waals surface area contributed by atoms with Crippen molar-refractivity contribution < 1.29 is 4.79 Å². The van der Waals surface area contributed by atoms with Crippen LogP contribution < -0.4 is 0 Å². The molecule has 1 nitrogen and oxygen atoms in total. The Morgan fingerprint density at radius 3 is 2.62 bits per heavy atom. The summed E-state index contributed by atoms with van der Waals surface area (Å²) in [6.07, 6.45) is 5.76. The van der Waals surface area contributed by atoms with Crippen molar-refractivity contribution in [1.29, 1.82) is 0 Å². The molecule has 90 valence electrons. The van der Waals surface area contributed by atoms with Crippen molar-refractivity contribution in [3.8, 4) is 0 Å². The van der Waals surface area contributed by atoms with Crippen molar-refractivity contribution in [3.63, 3.8) is 0 Å². The highest BCUT2D eigenvalue weighted by molar-refractivity contribution is 5.97. The van der Waals surface area contributed by atoms with E-state index in [-0.39, 0.29) is 0 Å². The van der Waals surface area contributed by atoms with Gasteiger partial charge < -0.3 is 0 Å². The Balaban J connectivity index is 2.32. The summed E-state index contributed by atoms with van der Waals surface area (Å²) in [4.78, 5) is 12.1. The van der Waals surface area contributed by atoms with Crippen molar-refractivity contribution in [2.75, 3.05) is 0 Å². The number of hydrogen-bond donors (Lipinski definition) is 0. The quantitative estimate of drug-likeness (QED) is 0.561. The molecule has 0 heterocycles. The Hall–Kier alpha value is -0.590. The number of carbonyl (C=O) groups excluding carboxylic acids is 1. The number of fused-ring (bicyclic) bond motifs is 1. The van der Waals surface area contributed by atoms with E-state index in [1.54, 1.807) is 0 Å². The first-order chi connectivity index (χ1) is 7.45. The van der Waals surface area contributed by atoms with E-state index in [0.29, 0.717) is 17.1 Å². The van der Waals surface area contributed by atoms with Crippen molar-refractivity contribution >= 4 is 5.78 Å². The van der Waals surface area contributed by atoms with Gasteiger partial charge in [-0.2, -0.15) is 0 Å². The SMILES string of the molecule is CC(C)=C1C[C@]2(C)[C@@H](CCC[C@H]2C)CC1=O. The molecule has 0 bridgehead atoms. The molecule has 1 heteroatoms. The molecule has 2 saturated carbocycles. The molecule has 2 rings (SSSR count). The lowest BCUT2D eigenvalue weighted by atomic mass is 9.54. The Bertz CT molecular complexity index is 335. The zero-order valence-electron chi connectivity index (χ0n) is 11.1. The molecule has 2 aliphatic carbocycles. The first-order valence-electron chi connectivity index (χ1n) is 6.64. The van der Waals surface area contributed by atoms with Gasteiger partial charge in [-0.15, -0.1) is 0 Å². The zero-order chi connectivity index (χ0) is 11.9. The molecule has 16 heavy (non-hydrogen) atoms. The number of rotatable bonds is 0. The van der Waals surface area contributed by atoms with Crippen LogP contribution in [0, 0.1) is 17.3 Å². The largest absolute Gasteiger partial charge is 0.295 e. The molecular weight excluding hydrogens is 196 g/mol. The highest BCUT2D eigenvalue weighted by Gasteiger charge is 2.46. The molecule has 0 radical (unpaired) electrons. The average Bonchev–Trinajstić information content (AvgIpc) is 2.20. The number of carbonyl (C=O) groups is 1. The van der Waals surface area contributed by atoms with Gasteiger partial charge in [0.2, 0.25) is 0 Å². The number of allylic oxidation sites excluding steroid dienone is 2. The third kappa shape index (κ3) is 1.74. The second-order valence-electron chi connectivity index (χ2n) is 6.32. The minimum atomic E-state index is 0.388. The van der Waals surface area contributed by atoms with Crippen LogP contribution in [-0.2, 0) is 4.79 Å². The smallest absolute Gasteiger partial charge is 0.159 e. The fraction of sp³-hybridized carbons (Fsp3) is 0.800. The predicted molar refractivity (Wildman–Crippen MR) is 67.2 cm³/mol. The van der Waals surface area contributed by atoms with E-state index >= 15 is 0 Å². The van der Waals surface area contributed by atoms with Crippen LogP contribution in [0.15, 0.2) is 11.1 Å². The summed E-state index contributed by atoms with van der Waals surface area (Å²) in [5, 5.41) is 0. The molecule has 0 spiro atoms. The summed E-state index contributed by atoms with van der Waals surface area (Å²) in [5.74, 6) is 1.84. The molecule has 2 fully saturated rings. The number of Topliss-reactive ketones (excluding diaryl/α,β-unsaturated/α-hetero) is 1. The fourth-order valence-electron chi connectivity index (χ4n) is 3.67. The van der Waals surface area contributed by atoms with Gasteiger partial charge in [-0.1, -0.05) is 32.3 Å². The van der Waals surface area contributed by atoms with E-state index in [0.717, 1.165) is 24.3 Å². The predicted octanol–water partition coefficient (Wildman–Crippen LogP) is 4.13. The highest BCUT2D eigenvalue weighted by atomic mass is 16.1. The van der Waals surface area contributed by atoms with Crippen LogP contribution in [0.1, 0.15) is 59.8 Å². The van der Waals surface area contributed by atoms with E-state index in [1.165, 1.54) is 24.8 Å². The van der Waals surface area contributed by atoms with Gasteiger partial charge in [0.1, 0.15) is 0 Å². The molecule has 0 N–H and O–H groups in total. The lowest BCUT2D eigenvalue weighted by molar-refractivity contribution is -0.122. The molecule has 0 aromatic carbocycles. The van der Waals surface area contributed by atoms with Crippen LogP contribution in [0.4, 0.5) is 0 Å². The van der Waals surface area contributed by atoms with E-state index in [4.69, 9.17) is 0 Å². The second-order valence-corrected chi connectivity index (χ2v) is 6.32. The van der Waals surface area contributed by atoms with Gasteiger partial charge >= 0.3 is 0 Å². The summed E-state index contributed by atoms with van der Waals surface area (Å²) in [6, 6.07) is 0. The fourth-order valence-corrected chi connectivity index (χ4v) is 3.67. The number of ketones is 1. The maximum atomic E-state index is 12.1. The van der Waals surface area contributed by atoms with Gasteiger partial charge in [0.15, 0.2) is 5.78 Å². The van der Waals surface area contributed by atoms with Gasteiger partial charge in [0, 0.05) is 6.42 Å². The average molecular weight is 220 g/mol. The van der Waals surface area contributed by atoms with Crippen molar-refractivity contribution in [1.82, 2.24) is 0 Å². The summed E-state index contributed by atoms with van der Waals surface area (Å²) in [6.45, 7) is 8.97. The van der Waals surface area contributed by atoms with Crippen LogP contribution in [-0.4, -0.2) is 5.78 Å². The monoisotopic (exact) mass is 220 g/mol. The lowest BCUT2D eigenvalue weighted by Crippen LogP contribution is -2.43. The summed E-state index contributed by atoms with van der Waals surface area (Å²) < 4.78 is 0. The van der Waals surface area contributed by atoms with Gasteiger partial charge in [-0.3, -0.25) is 4.79 Å². The van der Waals surface area contributed by atoms with E-state index in [2.05, 4.69) is 27.7 Å². The van der Waals surface area contributed by atoms with Crippen LogP contribution in [0.3, 0.4) is 0 Å². The van der Waals surface area contributed by atoms with Crippen LogP contribution in [0.25, 0.3) is 0 Å². The Morgan fingerprint density at radius 1 is 1.31 bits per heavy atom. The second kappa shape index (κ2) is 4.01. The Labute approximate surface area is 99.3 Å². The molecule has 0 aromatic heterocycles. The van der Waals surface area contributed by atoms with Gasteiger partial charge in [-0.05, 0) is 49.5 Å². The highest BCUT2D eigenvalue weighted by Crippen LogP contribution is 2.53. The molecule has 0 amide bonds. The van der Waals surface area contributed by atoms with Gasteiger partial charge in [0.25, 0.3) is 0 Å². The third-order valence-electron chi connectivity index (χ3n) is 5.18. The molecule has 2 aliphatic rings. The van der Waals surface area contributed by atoms with Crippen LogP contribution in [0.2, 0.25) is 0 Å². The normalized spacial score (nSPS) is 39.5. The lowest BCUT2D eigenvalue weighted by Gasteiger charge is -2.49. The van der Waals surface area contributed by atoms with Crippen molar-refractivity contribution in [2.24, 2.45) is 17.3 Å². The van der Waals surface area contributed by atoms with Crippen LogP contribution >= 0.6 is 0 Å². The first kappa shape index (κ1) is 11.9. The van der Waals surface area contributed by atoms with E-state index < -0.39 is 0 Å². The summed E-state index contributed by atoms with van der Waals surface area (Å²) >= 11 is 0. The molecule has 0 aliphatic heterocycles. The van der Waals surface area contributed by atoms with Gasteiger partial charge in [-0.25, -0.2) is 0 Å². The molecule has 0 aromatic rings. The maximum absolute atomic E-state index is 12.1. The van der Waals surface area contributed by atoms with E-state index in [9.17, 15) is 4.79 Å². The number of hydrogen-bond acceptors (Lipinski definition) is 1. The standard InChI is InChI=1S/C15H24O/c1-10(2)13-9-15(4)11(3)6-5-7-12(15)8-14(13)16/h11-12H,5-9H2,1-4H3/t11-,12+,15+/m1/s1. The van der Waals surface area contributed by atoms with Crippen molar-refractivity contribution in [2.45, 2.75) is 59.8 Å². The Morgan fingerprint density at radius 2 is 2.00 bits per heavy atom. The topological polar surface area (TPSA) is 17.1 Å². The first-order valence-corrected chi connectivity index (χ1v) is 6.64.